The van der Waals surface area contributed by atoms with E-state index in [1.54, 1.807) is 13.1 Å². The zero-order valence-corrected chi connectivity index (χ0v) is 15.7. The Labute approximate surface area is 148 Å². The number of nitrogens with zero attached hydrogens (tertiary/aromatic N) is 4. The lowest BCUT2D eigenvalue weighted by molar-refractivity contribution is -0.143. The Kier molecular flexibility index (Phi) is 8.24. The van der Waals surface area contributed by atoms with Crippen molar-refractivity contribution in [2.75, 3.05) is 6.61 Å². The molecule has 1 aromatic rings. The molecule has 0 spiro atoms. The number of ether oxygens (including phenoxy) is 1. The average molecular weight is 352 g/mol. The molecule has 0 bridgehead atoms. The number of hydrogen-bond donors (Lipinski definition) is 0. The van der Waals surface area contributed by atoms with Crippen molar-refractivity contribution < 1.29 is 19.1 Å². The van der Waals surface area contributed by atoms with Crippen LogP contribution in [0.5, 0.6) is 0 Å². The summed E-state index contributed by atoms with van der Waals surface area (Å²) in [6, 6.07) is 0. The third kappa shape index (κ3) is 5.65. The highest BCUT2D eigenvalue weighted by Gasteiger charge is 2.40. The molecule has 1 aliphatic rings. The minimum Gasteiger partial charge on any atom is -0.466 e. The Morgan fingerprint density at radius 1 is 1.36 bits per heavy atom. The smallest absolute Gasteiger partial charge is 0.307 e. The zero-order valence-electron chi connectivity index (χ0n) is 15.7. The number of hydrogen-bond acceptors (Lipinski definition) is 6. The maximum atomic E-state index is 12.2. The lowest BCUT2D eigenvalue weighted by Gasteiger charge is -2.14. The van der Waals surface area contributed by atoms with Gasteiger partial charge in [0.05, 0.1) is 32.3 Å². The predicted octanol–water partition coefficient (Wildman–Crippen LogP) is 1.79. The summed E-state index contributed by atoms with van der Waals surface area (Å²) in [5.41, 5.74) is 0.528. The average Bonchev–Trinajstić information content (AvgIpc) is 3.15. The molecule has 140 valence electrons. The van der Waals surface area contributed by atoms with Crippen molar-refractivity contribution in [3.8, 4) is 0 Å². The van der Waals surface area contributed by atoms with Crippen LogP contribution >= 0.6 is 0 Å². The molecule has 2 heterocycles. The molecule has 0 aliphatic carbocycles. The number of aryl methyl sites for hydroxylation is 1. The van der Waals surface area contributed by atoms with E-state index in [0.717, 1.165) is 0 Å². The van der Waals surface area contributed by atoms with E-state index in [4.69, 9.17) is 4.74 Å². The van der Waals surface area contributed by atoms with Gasteiger partial charge in [-0.3, -0.25) is 24.0 Å². The van der Waals surface area contributed by atoms with Gasteiger partial charge in [0.15, 0.2) is 0 Å². The molecule has 1 fully saturated rings. The fourth-order valence-electron chi connectivity index (χ4n) is 2.52. The van der Waals surface area contributed by atoms with Gasteiger partial charge in [-0.05, 0) is 12.8 Å². The molecule has 0 saturated carbocycles. The van der Waals surface area contributed by atoms with Crippen LogP contribution in [-0.4, -0.2) is 44.3 Å². The van der Waals surface area contributed by atoms with Crippen LogP contribution in [0.3, 0.4) is 0 Å². The van der Waals surface area contributed by atoms with Crippen LogP contribution in [0.1, 0.15) is 53.2 Å². The second-order valence-corrected chi connectivity index (χ2v) is 5.90. The van der Waals surface area contributed by atoms with Crippen molar-refractivity contribution in [3.63, 3.8) is 0 Å². The molecule has 25 heavy (non-hydrogen) atoms. The van der Waals surface area contributed by atoms with Gasteiger partial charge >= 0.3 is 5.97 Å². The molecular weight excluding hydrogens is 324 g/mol. The van der Waals surface area contributed by atoms with E-state index in [-0.39, 0.29) is 49.0 Å². The first-order valence-corrected chi connectivity index (χ1v) is 8.81. The quantitative estimate of drug-likeness (QED) is 0.548. The fraction of sp³-hybridized carbons (Fsp3) is 0.706. The van der Waals surface area contributed by atoms with E-state index in [2.05, 4.69) is 10.3 Å². The molecule has 2 amide bonds. The summed E-state index contributed by atoms with van der Waals surface area (Å²) in [6.45, 7) is 10.4. The van der Waals surface area contributed by atoms with E-state index < -0.39 is 0 Å². The Morgan fingerprint density at radius 3 is 2.60 bits per heavy atom. The third-order valence-electron chi connectivity index (χ3n) is 3.84. The topological polar surface area (TPSA) is 94.4 Å². The molecule has 1 aliphatic heterocycles. The van der Waals surface area contributed by atoms with Crippen molar-refractivity contribution >= 4 is 17.8 Å². The summed E-state index contributed by atoms with van der Waals surface area (Å²) in [6.07, 6.45) is 2.10. The highest BCUT2D eigenvalue weighted by molar-refractivity contribution is 6.03. The van der Waals surface area contributed by atoms with Crippen LogP contribution in [0.15, 0.2) is 6.20 Å². The SMILES string of the molecule is CC.CCOC(=O)CCn1cc(CN2C(=O)CC(C(C)C)C2=O)nn1. The van der Waals surface area contributed by atoms with Crippen LogP contribution < -0.4 is 0 Å². The van der Waals surface area contributed by atoms with Crippen molar-refractivity contribution in [3.05, 3.63) is 11.9 Å². The fourth-order valence-corrected chi connectivity index (χ4v) is 2.52. The largest absolute Gasteiger partial charge is 0.466 e. The second-order valence-electron chi connectivity index (χ2n) is 5.90. The minimum atomic E-state index is -0.297. The molecule has 0 aromatic carbocycles. The molecule has 8 nitrogen and oxygen atoms in total. The van der Waals surface area contributed by atoms with Crippen molar-refractivity contribution in [1.82, 2.24) is 19.9 Å². The van der Waals surface area contributed by atoms with Crippen LogP contribution in [0.4, 0.5) is 0 Å². The Hall–Kier alpha value is -2.25. The van der Waals surface area contributed by atoms with Gasteiger partial charge in [0.1, 0.15) is 5.69 Å². The van der Waals surface area contributed by atoms with Gasteiger partial charge in [-0.15, -0.1) is 5.10 Å². The Morgan fingerprint density at radius 2 is 2.04 bits per heavy atom. The lowest BCUT2D eigenvalue weighted by Crippen LogP contribution is -2.31. The molecule has 1 unspecified atom stereocenters. The first kappa shape index (κ1) is 20.8. The predicted molar refractivity (Wildman–Crippen MR) is 91.1 cm³/mol. The number of imide groups is 1. The molecule has 1 aromatic heterocycles. The number of rotatable bonds is 7. The van der Waals surface area contributed by atoms with E-state index >= 15 is 0 Å². The first-order valence-electron chi connectivity index (χ1n) is 8.81. The summed E-state index contributed by atoms with van der Waals surface area (Å²) in [5, 5.41) is 7.86. The van der Waals surface area contributed by atoms with Gasteiger partial charge in [-0.2, -0.15) is 0 Å². The number of aromatic nitrogens is 3. The number of amides is 2. The molecule has 2 rings (SSSR count). The standard InChI is InChI=1S/C15H22N4O4.C2H6/c1-4-23-14(21)5-6-18-8-11(16-17-18)9-19-13(20)7-12(10(2)3)15(19)22;1-2/h8,10,12H,4-7,9H2,1-3H3;1-2H3. The number of esters is 1. The van der Waals surface area contributed by atoms with Gasteiger partial charge in [0, 0.05) is 12.3 Å². The normalized spacial score (nSPS) is 16.9. The van der Waals surface area contributed by atoms with Gasteiger partial charge < -0.3 is 4.74 Å². The van der Waals surface area contributed by atoms with E-state index in [9.17, 15) is 14.4 Å². The molecule has 0 N–H and O–H groups in total. The highest BCUT2D eigenvalue weighted by atomic mass is 16.5. The van der Waals surface area contributed by atoms with E-state index in [1.165, 1.54) is 9.58 Å². The van der Waals surface area contributed by atoms with E-state index in [1.807, 2.05) is 27.7 Å². The van der Waals surface area contributed by atoms with E-state index in [0.29, 0.717) is 18.8 Å². The summed E-state index contributed by atoms with van der Waals surface area (Å²) in [4.78, 5) is 36.8. The first-order chi connectivity index (χ1) is 11.9. The zero-order chi connectivity index (χ0) is 19.0. The molecule has 8 heteroatoms. The molecule has 1 atom stereocenters. The maximum Gasteiger partial charge on any atom is 0.307 e. The molecule has 1 saturated heterocycles. The van der Waals surface area contributed by atoms with Crippen LogP contribution in [0, 0.1) is 11.8 Å². The maximum absolute atomic E-state index is 12.2. The van der Waals surface area contributed by atoms with Crippen molar-refractivity contribution in [2.24, 2.45) is 11.8 Å². The third-order valence-corrected chi connectivity index (χ3v) is 3.84. The summed E-state index contributed by atoms with van der Waals surface area (Å²) >= 11 is 0. The van der Waals surface area contributed by atoms with Crippen molar-refractivity contribution in [2.45, 2.75) is 60.5 Å². The second kappa shape index (κ2) is 9.90. The van der Waals surface area contributed by atoms with Gasteiger partial charge in [-0.1, -0.05) is 32.9 Å². The lowest BCUT2D eigenvalue weighted by atomic mass is 9.94. The number of carbonyl (C=O) groups excluding carboxylic acids is 3. The minimum absolute atomic E-state index is 0.125. The van der Waals surface area contributed by atoms with Crippen LogP contribution in [0.2, 0.25) is 0 Å². The summed E-state index contributed by atoms with van der Waals surface area (Å²) in [5.74, 6) is -0.729. The van der Waals surface area contributed by atoms with Crippen molar-refractivity contribution in [1.29, 1.82) is 0 Å². The Balaban J connectivity index is 0.00000151. The monoisotopic (exact) mass is 352 g/mol. The van der Waals surface area contributed by atoms with Gasteiger partial charge in [-0.25, -0.2) is 0 Å². The number of likely N-dealkylation sites (tertiary alicyclic amines) is 1. The van der Waals surface area contributed by atoms with Gasteiger partial charge in [0.2, 0.25) is 11.8 Å². The van der Waals surface area contributed by atoms with Gasteiger partial charge in [0.25, 0.3) is 0 Å². The number of carbonyl (C=O) groups is 3. The summed E-state index contributed by atoms with van der Waals surface area (Å²) < 4.78 is 6.35. The highest BCUT2D eigenvalue weighted by Crippen LogP contribution is 2.27. The summed E-state index contributed by atoms with van der Waals surface area (Å²) in [7, 11) is 0. The molecule has 0 radical (unpaired) electrons. The molecular formula is C17H28N4O4. The van der Waals surface area contributed by atoms with Crippen LogP contribution in [0.25, 0.3) is 0 Å². The Bertz CT molecular complexity index is 597. The van der Waals surface area contributed by atoms with Crippen LogP contribution in [-0.2, 0) is 32.2 Å².